The van der Waals surface area contributed by atoms with Crippen LogP contribution in [-0.2, 0) is 0 Å². The van der Waals surface area contributed by atoms with E-state index in [9.17, 15) is 9.50 Å². The Morgan fingerprint density at radius 2 is 1.95 bits per heavy atom. The highest BCUT2D eigenvalue weighted by molar-refractivity contribution is 9.10. The molecule has 0 bridgehead atoms. The highest BCUT2D eigenvalue weighted by Crippen LogP contribution is 2.37. The lowest BCUT2D eigenvalue weighted by molar-refractivity contribution is 0.214. The van der Waals surface area contributed by atoms with Crippen molar-refractivity contribution in [2.24, 2.45) is 0 Å². The van der Waals surface area contributed by atoms with Gasteiger partial charge in [0.25, 0.3) is 0 Å². The van der Waals surface area contributed by atoms with Crippen molar-refractivity contribution in [2.75, 3.05) is 6.61 Å². The summed E-state index contributed by atoms with van der Waals surface area (Å²) in [7, 11) is 0. The molecule has 0 spiro atoms. The van der Waals surface area contributed by atoms with E-state index in [2.05, 4.69) is 15.9 Å². The Bertz CT molecular complexity index is 664. The van der Waals surface area contributed by atoms with Crippen LogP contribution in [-0.4, -0.2) is 11.7 Å². The van der Waals surface area contributed by atoms with Crippen molar-refractivity contribution >= 4 is 39.1 Å². The molecule has 0 radical (unpaired) electrons. The van der Waals surface area contributed by atoms with Crippen molar-refractivity contribution in [3.05, 3.63) is 61.8 Å². The van der Waals surface area contributed by atoms with Crippen LogP contribution >= 0.6 is 39.1 Å². The van der Waals surface area contributed by atoms with E-state index in [4.69, 9.17) is 27.9 Å². The fourth-order valence-electron chi connectivity index (χ4n) is 1.92. The zero-order valence-corrected chi connectivity index (χ0v) is 14.1. The second-order valence-corrected chi connectivity index (χ2v) is 5.95. The van der Waals surface area contributed by atoms with Crippen LogP contribution in [0.25, 0.3) is 0 Å². The lowest BCUT2D eigenvalue weighted by Crippen LogP contribution is -2.04. The van der Waals surface area contributed by atoms with Gasteiger partial charge in [0, 0.05) is 17.2 Å². The molecular formula is C15H12BrCl2FO2. The molecule has 1 N–H and O–H groups in total. The third-order valence-corrected chi connectivity index (χ3v) is 4.16. The van der Waals surface area contributed by atoms with Gasteiger partial charge in [0.15, 0.2) is 0 Å². The molecule has 21 heavy (non-hydrogen) atoms. The van der Waals surface area contributed by atoms with Gasteiger partial charge in [-0.2, -0.15) is 0 Å². The first-order valence-corrected chi connectivity index (χ1v) is 7.74. The Labute approximate surface area is 140 Å². The number of hydrogen-bond acceptors (Lipinski definition) is 2. The normalized spacial score (nSPS) is 12.3. The number of hydrogen-bond donors (Lipinski definition) is 1. The summed E-state index contributed by atoms with van der Waals surface area (Å²) >= 11 is 15.3. The first-order valence-electron chi connectivity index (χ1n) is 6.19. The number of ether oxygens (including phenoxy) is 1. The van der Waals surface area contributed by atoms with Crippen LogP contribution < -0.4 is 4.74 Å². The van der Waals surface area contributed by atoms with E-state index in [1.807, 2.05) is 6.92 Å². The summed E-state index contributed by atoms with van der Waals surface area (Å²) in [5, 5.41) is 10.9. The maximum absolute atomic E-state index is 14.1. The molecule has 0 heterocycles. The van der Waals surface area contributed by atoms with Gasteiger partial charge in [-0.25, -0.2) is 4.39 Å². The van der Waals surface area contributed by atoms with Crippen molar-refractivity contribution in [3.8, 4) is 5.75 Å². The molecule has 0 saturated heterocycles. The van der Waals surface area contributed by atoms with Crippen molar-refractivity contribution < 1.29 is 14.2 Å². The second kappa shape index (κ2) is 6.97. The molecule has 0 fully saturated rings. The van der Waals surface area contributed by atoms with Crippen molar-refractivity contribution in [3.63, 3.8) is 0 Å². The number of halogens is 4. The fourth-order valence-corrected chi connectivity index (χ4v) is 2.78. The number of rotatable bonds is 4. The van der Waals surface area contributed by atoms with Crippen molar-refractivity contribution in [1.29, 1.82) is 0 Å². The van der Waals surface area contributed by atoms with E-state index < -0.39 is 11.9 Å². The Kier molecular flexibility index (Phi) is 5.49. The lowest BCUT2D eigenvalue weighted by Gasteiger charge is -2.16. The average molecular weight is 394 g/mol. The first-order chi connectivity index (χ1) is 9.95. The fraction of sp³-hybridized carbons (Fsp3) is 0.200. The molecule has 0 aliphatic heterocycles. The number of aliphatic hydroxyl groups excluding tert-OH is 1. The van der Waals surface area contributed by atoms with E-state index in [0.717, 1.165) is 0 Å². The van der Waals surface area contributed by atoms with Gasteiger partial charge in [0.2, 0.25) is 0 Å². The zero-order chi connectivity index (χ0) is 15.6. The van der Waals surface area contributed by atoms with Crippen LogP contribution in [0.1, 0.15) is 24.2 Å². The van der Waals surface area contributed by atoms with Crippen molar-refractivity contribution in [1.82, 2.24) is 0 Å². The van der Waals surface area contributed by atoms with E-state index in [1.54, 1.807) is 12.1 Å². The van der Waals surface area contributed by atoms with Gasteiger partial charge in [0.05, 0.1) is 21.1 Å². The van der Waals surface area contributed by atoms with Crippen molar-refractivity contribution in [2.45, 2.75) is 13.0 Å². The van der Waals surface area contributed by atoms with E-state index in [-0.39, 0.29) is 15.1 Å². The summed E-state index contributed by atoms with van der Waals surface area (Å²) in [6, 6.07) is 7.68. The average Bonchev–Trinajstić information content (AvgIpc) is 2.45. The molecule has 112 valence electrons. The van der Waals surface area contributed by atoms with Crippen LogP contribution in [0.5, 0.6) is 5.75 Å². The Hall–Kier alpha value is -0.810. The van der Waals surface area contributed by atoms with E-state index >= 15 is 0 Å². The molecule has 0 aliphatic rings. The van der Waals surface area contributed by atoms with Crippen LogP contribution in [0.3, 0.4) is 0 Å². The minimum Gasteiger partial charge on any atom is -0.492 e. The summed E-state index contributed by atoms with van der Waals surface area (Å²) in [6.07, 6.45) is -1.22. The molecule has 2 aromatic carbocycles. The molecule has 6 heteroatoms. The predicted octanol–water partition coefficient (Wildman–Crippen LogP) is 5.38. The second-order valence-electron chi connectivity index (χ2n) is 4.28. The topological polar surface area (TPSA) is 29.5 Å². The zero-order valence-electron chi connectivity index (χ0n) is 11.0. The monoisotopic (exact) mass is 392 g/mol. The number of benzene rings is 2. The highest BCUT2D eigenvalue weighted by Gasteiger charge is 2.21. The largest absolute Gasteiger partial charge is 0.492 e. The maximum atomic E-state index is 14.1. The quantitative estimate of drug-likeness (QED) is 0.755. The minimum absolute atomic E-state index is 0.117. The van der Waals surface area contributed by atoms with Gasteiger partial charge < -0.3 is 9.84 Å². The van der Waals surface area contributed by atoms with Crippen LogP contribution in [0.15, 0.2) is 34.8 Å². The van der Waals surface area contributed by atoms with Gasteiger partial charge in [-0.1, -0.05) is 35.3 Å². The van der Waals surface area contributed by atoms with Crippen LogP contribution in [0.4, 0.5) is 4.39 Å². The Morgan fingerprint density at radius 3 is 2.62 bits per heavy atom. The molecule has 0 aliphatic carbocycles. The van der Waals surface area contributed by atoms with E-state index in [1.165, 1.54) is 18.2 Å². The third kappa shape index (κ3) is 3.51. The van der Waals surface area contributed by atoms with Gasteiger partial charge in [0.1, 0.15) is 17.7 Å². The molecule has 0 saturated carbocycles. The molecule has 0 amide bonds. The van der Waals surface area contributed by atoms with Crippen LogP contribution in [0.2, 0.25) is 10.0 Å². The lowest BCUT2D eigenvalue weighted by atomic mass is 10.0. The van der Waals surface area contributed by atoms with Gasteiger partial charge in [-0.05, 0) is 35.0 Å². The third-order valence-electron chi connectivity index (χ3n) is 2.92. The molecule has 2 rings (SSSR count). The number of aliphatic hydroxyl groups is 1. The molecule has 0 aromatic heterocycles. The van der Waals surface area contributed by atoms with E-state index in [0.29, 0.717) is 22.9 Å². The highest BCUT2D eigenvalue weighted by atomic mass is 79.9. The summed E-state index contributed by atoms with van der Waals surface area (Å²) in [5.41, 5.74) is 0.439. The standard InChI is InChI=1S/C15H12BrCl2FO2/c1-2-21-13-7-11(17)9(6-12(13)18)15(20)8-4-3-5-10(16)14(8)19/h3-7,15,20H,2H2,1H3. The molecular weight excluding hydrogens is 382 g/mol. The summed E-state index contributed by atoms with van der Waals surface area (Å²) < 4.78 is 19.7. The molecule has 2 aromatic rings. The summed E-state index contributed by atoms with van der Waals surface area (Å²) in [4.78, 5) is 0. The Morgan fingerprint density at radius 1 is 1.24 bits per heavy atom. The van der Waals surface area contributed by atoms with Gasteiger partial charge in [-0.15, -0.1) is 0 Å². The molecule has 2 nitrogen and oxygen atoms in total. The smallest absolute Gasteiger partial charge is 0.143 e. The Balaban J connectivity index is 2.46. The first kappa shape index (κ1) is 16.6. The SMILES string of the molecule is CCOc1cc(Cl)c(C(O)c2cccc(Br)c2F)cc1Cl. The minimum atomic E-state index is -1.22. The molecule has 1 atom stereocenters. The molecule has 1 unspecified atom stereocenters. The van der Waals surface area contributed by atoms with Gasteiger partial charge in [-0.3, -0.25) is 0 Å². The van der Waals surface area contributed by atoms with Crippen LogP contribution in [0, 0.1) is 5.82 Å². The maximum Gasteiger partial charge on any atom is 0.143 e. The summed E-state index contributed by atoms with van der Waals surface area (Å²) in [6.45, 7) is 2.27. The van der Waals surface area contributed by atoms with Gasteiger partial charge >= 0.3 is 0 Å². The predicted molar refractivity (Wildman–Crippen MR) is 85.8 cm³/mol. The summed E-state index contributed by atoms with van der Waals surface area (Å²) in [5.74, 6) is -0.110.